The number of aromatic hydroxyl groups is 1. The van der Waals surface area contributed by atoms with Crippen LogP contribution in [-0.4, -0.2) is 43.8 Å². The van der Waals surface area contributed by atoms with Gasteiger partial charge >= 0.3 is 0 Å². The van der Waals surface area contributed by atoms with Crippen molar-refractivity contribution in [2.24, 2.45) is 0 Å². The molecular formula is C10H12N2O3S. The Morgan fingerprint density at radius 3 is 3.00 bits per heavy atom. The van der Waals surface area contributed by atoms with E-state index >= 15 is 0 Å². The number of imidazole rings is 1. The van der Waals surface area contributed by atoms with E-state index in [0.29, 0.717) is 10.9 Å². The normalized spacial score (nSPS) is 13.1. The topological polar surface area (TPSA) is 89.4 Å². The second-order valence-corrected chi connectivity index (χ2v) is 4.40. The van der Waals surface area contributed by atoms with E-state index in [-0.39, 0.29) is 12.4 Å². The molecule has 0 amide bonds. The van der Waals surface area contributed by atoms with Gasteiger partial charge in [-0.2, -0.15) is 0 Å². The molecule has 0 bridgehead atoms. The van der Waals surface area contributed by atoms with Gasteiger partial charge in [-0.05, 0) is 12.1 Å². The van der Waals surface area contributed by atoms with E-state index in [2.05, 4.69) is 9.97 Å². The highest BCUT2D eigenvalue weighted by Gasteiger charge is 2.07. The van der Waals surface area contributed by atoms with Crippen LogP contribution in [0, 0.1) is 0 Å². The number of nitrogens with one attached hydrogen (secondary N) is 1. The second-order valence-electron chi connectivity index (χ2n) is 3.39. The largest absolute Gasteiger partial charge is 0.508 e. The number of hydrogen-bond donors (Lipinski definition) is 4. The van der Waals surface area contributed by atoms with Crippen molar-refractivity contribution in [1.82, 2.24) is 9.97 Å². The highest BCUT2D eigenvalue weighted by Crippen LogP contribution is 2.22. The summed E-state index contributed by atoms with van der Waals surface area (Å²) in [7, 11) is 0. The van der Waals surface area contributed by atoms with Gasteiger partial charge in [-0.15, -0.1) is 0 Å². The number of aromatic nitrogens is 2. The Labute approximate surface area is 96.1 Å². The number of phenolic OH excluding ortho intramolecular Hbond substituents is 1. The fourth-order valence-corrected chi connectivity index (χ4v) is 2.07. The van der Waals surface area contributed by atoms with Crippen molar-refractivity contribution in [3.8, 4) is 5.75 Å². The molecule has 2 rings (SSSR count). The van der Waals surface area contributed by atoms with Crippen molar-refractivity contribution in [1.29, 1.82) is 0 Å². The molecule has 1 aromatic heterocycles. The van der Waals surface area contributed by atoms with E-state index in [0.717, 1.165) is 11.0 Å². The van der Waals surface area contributed by atoms with Crippen molar-refractivity contribution >= 4 is 22.8 Å². The molecule has 1 heterocycles. The lowest BCUT2D eigenvalue weighted by Crippen LogP contribution is -2.14. The number of hydrogen-bond acceptors (Lipinski definition) is 5. The number of benzene rings is 1. The molecule has 0 radical (unpaired) electrons. The number of aromatic amines is 1. The molecule has 0 aliphatic rings. The third kappa shape index (κ3) is 2.46. The van der Waals surface area contributed by atoms with Crippen LogP contribution in [0.25, 0.3) is 11.0 Å². The lowest BCUT2D eigenvalue weighted by Gasteiger charge is -2.03. The first kappa shape index (κ1) is 11.3. The molecule has 86 valence electrons. The van der Waals surface area contributed by atoms with Gasteiger partial charge in [-0.3, -0.25) is 0 Å². The summed E-state index contributed by atoms with van der Waals surface area (Å²) in [5.74, 6) is 0.561. The van der Waals surface area contributed by atoms with E-state index in [1.54, 1.807) is 18.2 Å². The van der Waals surface area contributed by atoms with Crippen molar-refractivity contribution < 1.29 is 15.3 Å². The van der Waals surface area contributed by atoms with Gasteiger partial charge in [0, 0.05) is 11.8 Å². The van der Waals surface area contributed by atoms with E-state index in [1.807, 2.05) is 0 Å². The summed E-state index contributed by atoms with van der Waals surface area (Å²) in [6, 6.07) is 4.88. The Balaban J connectivity index is 2.13. The number of thioether (sulfide) groups is 1. The zero-order valence-corrected chi connectivity index (χ0v) is 9.24. The Kier molecular flexibility index (Phi) is 3.33. The number of fused-ring (bicyclic) bond motifs is 1. The fourth-order valence-electron chi connectivity index (χ4n) is 1.27. The molecular weight excluding hydrogens is 228 g/mol. The van der Waals surface area contributed by atoms with Crippen molar-refractivity contribution in [3.63, 3.8) is 0 Å². The predicted octanol–water partition coefficient (Wildman–Crippen LogP) is 0.714. The van der Waals surface area contributed by atoms with E-state index in [1.165, 1.54) is 11.8 Å². The van der Waals surface area contributed by atoms with Gasteiger partial charge in [0.25, 0.3) is 0 Å². The Morgan fingerprint density at radius 2 is 2.25 bits per heavy atom. The molecule has 0 aliphatic heterocycles. The maximum Gasteiger partial charge on any atom is 0.166 e. The van der Waals surface area contributed by atoms with E-state index < -0.39 is 6.10 Å². The molecule has 16 heavy (non-hydrogen) atoms. The monoisotopic (exact) mass is 240 g/mol. The lowest BCUT2D eigenvalue weighted by atomic mass is 10.3. The fraction of sp³-hybridized carbons (Fsp3) is 0.300. The smallest absolute Gasteiger partial charge is 0.166 e. The Hall–Kier alpha value is -1.24. The molecule has 0 saturated heterocycles. The minimum absolute atomic E-state index is 0.183. The van der Waals surface area contributed by atoms with Crippen LogP contribution < -0.4 is 0 Å². The summed E-state index contributed by atoms with van der Waals surface area (Å²) in [5.41, 5.74) is 1.51. The number of H-pyrrole nitrogens is 1. The molecule has 1 aromatic carbocycles. The average molecular weight is 240 g/mol. The number of aliphatic hydroxyl groups excluding tert-OH is 2. The van der Waals surface area contributed by atoms with Gasteiger partial charge in [-0.25, -0.2) is 4.98 Å². The molecule has 0 fully saturated rings. The predicted molar refractivity (Wildman–Crippen MR) is 61.6 cm³/mol. The van der Waals surface area contributed by atoms with Crippen LogP contribution in [0.15, 0.2) is 23.4 Å². The minimum Gasteiger partial charge on any atom is -0.508 e. The van der Waals surface area contributed by atoms with Crippen molar-refractivity contribution in [2.75, 3.05) is 12.4 Å². The molecule has 0 spiro atoms. The molecule has 1 atom stereocenters. The van der Waals surface area contributed by atoms with Crippen LogP contribution in [0.4, 0.5) is 0 Å². The summed E-state index contributed by atoms with van der Waals surface area (Å²) >= 11 is 1.33. The van der Waals surface area contributed by atoms with Gasteiger partial charge in [0.15, 0.2) is 5.16 Å². The molecule has 5 nitrogen and oxygen atoms in total. The first-order valence-electron chi connectivity index (χ1n) is 4.79. The zero-order valence-electron chi connectivity index (χ0n) is 8.42. The van der Waals surface area contributed by atoms with Gasteiger partial charge in [0.2, 0.25) is 0 Å². The van der Waals surface area contributed by atoms with Crippen molar-refractivity contribution in [2.45, 2.75) is 11.3 Å². The minimum atomic E-state index is -0.744. The standard InChI is InChI=1S/C10H12N2O3S/c13-4-7(15)5-16-10-11-8-2-1-6(14)3-9(8)12-10/h1-3,7,13-15H,4-5H2,(H,11,12). The number of rotatable bonds is 4. The third-order valence-corrected chi connectivity index (χ3v) is 3.09. The van der Waals surface area contributed by atoms with Crippen LogP contribution >= 0.6 is 11.8 Å². The Bertz CT molecular complexity index is 486. The highest BCUT2D eigenvalue weighted by molar-refractivity contribution is 7.99. The number of nitrogens with zero attached hydrogens (tertiary/aromatic N) is 1. The molecule has 6 heteroatoms. The zero-order chi connectivity index (χ0) is 11.5. The first-order chi connectivity index (χ1) is 7.69. The van der Waals surface area contributed by atoms with Crippen LogP contribution in [0.3, 0.4) is 0 Å². The van der Waals surface area contributed by atoms with Crippen molar-refractivity contribution in [3.05, 3.63) is 18.2 Å². The van der Waals surface area contributed by atoms with Crippen LogP contribution in [0.1, 0.15) is 0 Å². The summed E-state index contributed by atoms with van der Waals surface area (Å²) in [6.45, 7) is -0.256. The van der Waals surface area contributed by atoms with E-state index in [4.69, 9.17) is 5.11 Å². The van der Waals surface area contributed by atoms with Gasteiger partial charge in [-0.1, -0.05) is 11.8 Å². The summed E-state index contributed by atoms with van der Waals surface area (Å²) < 4.78 is 0. The van der Waals surface area contributed by atoms with Crippen LogP contribution in [0.2, 0.25) is 0 Å². The van der Waals surface area contributed by atoms with Crippen LogP contribution in [0.5, 0.6) is 5.75 Å². The summed E-state index contributed by atoms with van der Waals surface area (Å²) in [6.07, 6.45) is -0.744. The van der Waals surface area contributed by atoms with Gasteiger partial charge < -0.3 is 20.3 Å². The first-order valence-corrected chi connectivity index (χ1v) is 5.78. The Morgan fingerprint density at radius 1 is 1.44 bits per heavy atom. The molecule has 4 N–H and O–H groups in total. The lowest BCUT2D eigenvalue weighted by molar-refractivity contribution is 0.113. The average Bonchev–Trinajstić information content (AvgIpc) is 2.67. The number of phenols is 1. The molecule has 0 aliphatic carbocycles. The van der Waals surface area contributed by atoms with Crippen LogP contribution in [-0.2, 0) is 0 Å². The summed E-state index contributed by atoms with van der Waals surface area (Å²) in [4.78, 5) is 7.28. The molecule has 0 saturated carbocycles. The number of aliphatic hydroxyl groups is 2. The maximum absolute atomic E-state index is 9.27. The SMILES string of the molecule is OCC(O)CSc1nc2ccc(O)cc2[nH]1. The highest BCUT2D eigenvalue weighted by atomic mass is 32.2. The van der Waals surface area contributed by atoms with Gasteiger partial charge in [0.05, 0.1) is 23.7 Å². The van der Waals surface area contributed by atoms with E-state index in [9.17, 15) is 10.2 Å². The maximum atomic E-state index is 9.27. The molecule has 2 aromatic rings. The summed E-state index contributed by atoms with van der Waals surface area (Å²) in [5, 5.41) is 27.8. The van der Waals surface area contributed by atoms with Gasteiger partial charge in [0.1, 0.15) is 5.75 Å². The second kappa shape index (κ2) is 4.73. The quantitative estimate of drug-likeness (QED) is 0.591. The third-order valence-electron chi connectivity index (χ3n) is 2.07. The molecule has 1 unspecified atom stereocenters.